The molecule has 2 atom stereocenters. The monoisotopic (exact) mass is 360 g/mol. The normalized spacial score (nSPS) is 21.2. The predicted molar refractivity (Wildman–Crippen MR) is 103 cm³/mol. The van der Waals surface area contributed by atoms with Crippen molar-refractivity contribution < 1.29 is 18.9 Å². The van der Waals surface area contributed by atoms with Crippen molar-refractivity contribution >= 4 is 0 Å². The van der Waals surface area contributed by atoms with Crippen LogP contribution in [-0.4, -0.2) is 31.7 Å². The van der Waals surface area contributed by atoms with Crippen molar-refractivity contribution in [3.63, 3.8) is 0 Å². The molecule has 1 heterocycles. The third kappa shape index (κ3) is 6.99. The highest BCUT2D eigenvalue weighted by Gasteiger charge is 2.40. The first-order valence-electron chi connectivity index (χ1n) is 9.56. The minimum absolute atomic E-state index is 0.0421. The van der Waals surface area contributed by atoms with E-state index >= 15 is 0 Å². The van der Waals surface area contributed by atoms with Crippen LogP contribution in [-0.2, 0) is 20.8 Å². The van der Waals surface area contributed by atoms with Crippen LogP contribution in [0.1, 0.15) is 58.4 Å². The number of benzene rings is 1. The van der Waals surface area contributed by atoms with Crippen LogP contribution in [0.2, 0.25) is 0 Å². The molecule has 0 saturated carbocycles. The molecular formula is C22H32O4. The Morgan fingerprint density at radius 2 is 1.77 bits per heavy atom. The van der Waals surface area contributed by atoms with E-state index in [0.717, 1.165) is 17.7 Å². The molecule has 144 valence electrons. The molecule has 1 aromatic carbocycles. The summed E-state index contributed by atoms with van der Waals surface area (Å²) in [5, 5.41) is 0. The average Bonchev–Trinajstić information content (AvgIpc) is 2.92. The largest absolute Gasteiger partial charge is 0.497 e. The van der Waals surface area contributed by atoms with Crippen molar-refractivity contribution in [1.82, 2.24) is 0 Å². The molecular weight excluding hydrogens is 328 g/mol. The lowest BCUT2D eigenvalue weighted by Gasteiger charge is -2.17. The van der Waals surface area contributed by atoms with Gasteiger partial charge in [0.2, 0.25) is 0 Å². The highest BCUT2D eigenvalue weighted by atomic mass is 16.8. The quantitative estimate of drug-likeness (QED) is 0.472. The minimum Gasteiger partial charge on any atom is -0.497 e. The summed E-state index contributed by atoms with van der Waals surface area (Å²) in [6.45, 7) is 7.13. The molecule has 0 amide bonds. The van der Waals surface area contributed by atoms with E-state index in [4.69, 9.17) is 18.9 Å². The van der Waals surface area contributed by atoms with Gasteiger partial charge in [-0.3, -0.25) is 0 Å². The third-order valence-electron chi connectivity index (χ3n) is 4.33. The number of unbranched alkanes of at least 4 members (excludes halogenated alkanes) is 3. The molecule has 0 spiro atoms. The second-order valence-corrected chi connectivity index (χ2v) is 7.09. The molecule has 26 heavy (non-hydrogen) atoms. The van der Waals surface area contributed by atoms with Gasteiger partial charge in [-0.1, -0.05) is 31.9 Å². The maximum Gasteiger partial charge on any atom is 0.163 e. The van der Waals surface area contributed by atoms with Gasteiger partial charge >= 0.3 is 0 Å². The molecule has 0 aromatic heterocycles. The Morgan fingerprint density at radius 1 is 1.04 bits per heavy atom. The van der Waals surface area contributed by atoms with Gasteiger partial charge in [0.15, 0.2) is 5.79 Å². The van der Waals surface area contributed by atoms with Gasteiger partial charge in [-0.05, 0) is 38.0 Å². The Morgan fingerprint density at radius 3 is 2.46 bits per heavy atom. The fourth-order valence-corrected chi connectivity index (χ4v) is 2.96. The Hall–Kier alpha value is -1.54. The zero-order valence-corrected chi connectivity index (χ0v) is 16.5. The van der Waals surface area contributed by atoms with Crippen LogP contribution in [0, 0.1) is 11.8 Å². The van der Waals surface area contributed by atoms with Crippen LogP contribution in [0.25, 0.3) is 0 Å². The molecule has 0 bridgehead atoms. The molecule has 4 nitrogen and oxygen atoms in total. The predicted octanol–water partition coefficient (Wildman–Crippen LogP) is 4.71. The number of rotatable bonds is 9. The Bertz CT molecular complexity index is 582. The molecule has 1 aliphatic heterocycles. The smallest absolute Gasteiger partial charge is 0.163 e. The maximum atomic E-state index is 6.00. The lowest BCUT2D eigenvalue weighted by molar-refractivity contribution is -0.150. The lowest BCUT2D eigenvalue weighted by Crippen LogP contribution is -2.27. The van der Waals surface area contributed by atoms with Crippen molar-refractivity contribution in [2.24, 2.45) is 0 Å². The Labute approximate surface area is 158 Å². The first-order valence-corrected chi connectivity index (χ1v) is 9.56. The van der Waals surface area contributed by atoms with Crippen LogP contribution in [0.5, 0.6) is 5.75 Å². The summed E-state index contributed by atoms with van der Waals surface area (Å²) in [4.78, 5) is 0. The van der Waals surface area contributed by atoms with E-state index in [9.17, 15) is 0 Å². The summed E-state index contributed by atoms with van der Waals surface area (Å²) < 4.78 is 23.0. The van der Waals surface area contributed by atoms with Gasteiger partial charge in [0.25, 0.3) is 0 Å². The van der Waals surface area contributed by atoms with E-state index in [2.05, 4.69) is 18.8 Å². The molecule has 1 aromatic rings. The molecule has 4 heteroatoms. The summed E-state index contributed by atoms with van der Waals surface area (Å²) in [6.07, 6.45) is 5.16. The fourth-order valence-electron chi connectivity index (χ4n) is 2.96. The van der Waals surface area contributed by atoms with E-state index in [1.165, 1.54) is 19.3 Å². The molecule has 1 fully saturated rings. The van der Waals surface area contributed by atoms with E-state index in [-0.39, 0.29) is 12.2 Å². The van der Waals surface area contributed by atoms with Crippen molar-refractivity contribution in [1.29, 1.82) is 0 Å². The second kappa shape index (κ2) is 10.6. The molecule has 0 aliphatic carbocycles. The molecule has 1 aliphatic rings. The third-order valence-corrected chi connectivity index (χ3v) is 4.33. The van der Waals surface area contributed by atoms with Gasteiger partial charge in [0.1, 0.15) is 18.0 Å². The van der Waals surface area contributed by atoms with Gasteiger partial charge in [-0.25, -0.2) is 0 Å². The summed E-state index contributed by atoms with van der Waals surface area (Å²) in [7, 11) is 1.66. The van der Waals surface area contributed by atoms with Crippen molar-refractivity contribution in [2.75, 3.05) is 13.7 Å². The molecule has 1 saturated heterocycles. The van der Waals surface area contributed by atoms with Gasteiger partial charge in [0, 0.05) is 12.8 Å². The Kier molecular flexibility index (Phi) is 8.44. The van der Waals surface area contributed by atoms with E-state index in [1.807, 2.05) is 38.1 Å². The number of ether oxygens (including phenoxy) is 4. The number of hydrogen-bond donors (Lipinski definition) is 0. The van der Waals surface area contributed by atoms with E-state index in [0.29, 0.717) is 19.6 Å². The fraction of sp³-hybridized carbons (Fsp3) is 0.636. The van der Waals surface area contributed by atoms with Gasteiger partial charge in [0.05, 0.1) is 20.3 Å². The molecule has 0 unspecified atom stereocenters. The van der Waals surface area contributed by atoms with Crippen molar-refractivity contribution in [3.8, 4) is 17.6 Å². The lowest BCUT2D eigenvalue weighted by atomic mass is 10.1. The number of hydrogen-bond acceptors (Lipinski definition) is 4. The summed E-state index contributed by atoms with van der Waals surface area (Å²) in [6, 6.07) is 7.89. The molecule has 0 radical (unpaired) electrons. The second-order valence-electron chi connectivity index (χ2n) is 7.09. The van der Waals surface area contributed by atoms with E-state index < -0.39 is 5.79 Å². The molecule has 2 rings (SSSR count). The zero-order chi connectivity index (χ0) is 18.8. The maximum absolute atomic E-state index is 6.00. The topological polar surface area (TPSA) is 36.9 Å². The summed E-state index contributed by atoms with van der Waals surface area (Å²) in [5.74, 6) is 6.77. The van der Waals surface area contributed by atoms with Crippen LogP contribution in [0.3, 0.4) is 0 Å². The Balaban J connectivity index is 1.78. The van der Waals surface area contributed by atoms with Crippen molar-refractivity contribution in [2.45, 2.75) is 77.5 Å². The van der Waals surface area contributed by atoms with Crippen LogP contribution in [0.4, 0.5) is 0 Å². The average molecular weight is 360 g/mol. The summed E-state index contributed by atoms with van der Waals surface area (Å²) >= 11 is 0. The van der Waals surface area contributed by atoms with Crippen molar-refractivity contribution in [3.05, 3.63) is 29.8 Å². The van der Waals surface area contributed by atoms with Gasteiger partial charge < -0.3 is 18.9 Å². The van der Waals surface area contributed by atoms with Gasteiger partial charge in [-0.2, -0.15) is 0 Å². The first kappa shape index (κ1) is 20.8. The van der Waals surface area contributed by atoms with Gasteiger partial charge in [-0.15, -0.1) is 11.8 Å². The number of methoxy groups -OCH3 is 1. The highest BCUT2D eigenvalue weighted by molar-refractivity contribution is 5.26. The SMILES string of the molecule is CCCCCC#CC[C@H]1OC(C)(C)O[C@H]1COCc1ccc(OC)cc1. The first-order chi connectivity index (χ1) is 12.5. The standard InChI is InChI=1S/C22H32O4/c1-5-6-7-8-9-10-11-20-21(26-22(2,3)25-20)17-24-16-18-12-14-19(23-4)15-13-18/h12-15,20-21H,5-8,11,16-17H2,1-4H3/t20-,21+/m1/s1. The van der Waals surface area contributed by atoms with Crippen LogP contribution in [0.15, 0.2) is 24.3 Å². The minimum atomic E-state index is -0.581. The highest BCUT2D eigenvalue weighted by Crippen LogP contribution is 2.30. The van der Waals surface area contributed by atoms with Crippen LogP contribution < -0.4 is 4.74 Å². The molecule has 0 N–H and O–H groups in total. The summed E-state index contributed by atoms with van der Waals surface area (Å²) in [5.41, 5.74) is 1.11. The zero-order valence-electron chi connectivity index (χ0n) is 16.5. The van der Waals surface area contributed by atoms with E-state index in [1.54, 1.807) is 7.11 Å². The van der Waals surface area contributed by atoms with Crippen LogP contribution >= 0.6 is 0 Å².